The quantitative estimate of drug-likeness (QED) is 0.224. The normalized spacial score (nSPS) is 16.0. The molecule has 1 aliphatic rings. The average Bonchev–Trinajstić information content (AvgIpc) is 3.14. The zero-order valence-corrected chi connectivity index (χ0v) is 20.0. The van der Waals surface area contributed by atoms with Gasteiger partial charge in [0.1, 0.15) is 6.17 Å². The van der Waals surface area contributed by atoms with Gasteiger partial charge in [-0.05, 0) is 18.4 Å². The van der Waals surface area contributed by atoms with E-state index in [-0.39, 0.29) is 0 Å². The van der Waals surface area contributed by atoms with Crippen LogP contribution in [0.25, 0.3) is 0 Å². The molecule has 0 spiro atoms. The van der Waals surface area contributed by atoms with Gasteiger partial charge in [0.05, 0.1) is 0 Å². The number of rotatable bonds is 18. The summed E-state index contributed by atoms with van der Waals surface area (Å²) in [4.78, 5) is 5.22. The molecule has 2 rings (SSSR count). The molecular weight excluding hydrogens is 364 g/mol. The van der Waals surface area contributed by atoms with Gasteiger partial charge in [0, 0.05) is 31.9 Å². The molecule has 0 amide bonds. The second-order valence-electron chi connectivity index (χ2n) is 9.19. The number of hydrogen-bond donors (Lipinski definition) is 0. The Bertz CT molecular complexity index is 539. The van der Waals surface area contributed by atoms with Crippen LogP contribution in [-0.4, -0.2) is 29.1 Å². The maximum absolute atomic E-state index is 2.61. The summed E-state index contributed by atoms with van der Waals surface area (Å²) in [6.07, 6.45) is 25.8. The highest BCUT2D eigenvalue weighted by Crippen LogP contribution is 2.22. The fourth-order valence-corrected chi connectivity index (χ4v) is 4.57. The van der Waals surface area contributed by atoms with E-state index in [1.54, 1.807) is 0 Å². The Hall–Kier alpha value is -1.44. The van der Waals surface area contributed by atoms with Gasteiger partial charge >= 0.3 is 0 Å². The highest BCUT2D eigenvalue weighted by atomic mass is 15.4. The van der Waals surface area contributed by atoms with E-state index in [0.717, 1.165) is 6.42 Å². The van der Waals surface area contributed by atoms with E-state index in [4.69, 9.17) is 0 Å². The summed E-state index contributed by atoms with van der Waals surface area (Å²) in [5, 5.41) is 0. The van der Waals surface area contributed by atoms with Crippen LogP contribution < -0.4 is 0 Å². The monoisotopic (exact) mass is 412 g/mol. The van der Waals surface area contributed by atoms with Gasteiger partial charge in [-0.1, -0.05) is 121 Å². The molecule has 0 N–H and O–H groups in total. The Morgan fingerprint density at radius 3 is 1.47 bits per heavy atom. The van der Waals surface area contributed by atoms with Gasteiger partial charge in [0.25, 0.3) is 0 Å². The van der Waals surface area contributed by atoms with Crippen LogP contribution in [0.4, 0.5) is 0 Å². The number of benzene rings is 1. The predicted molar refractivity (Wildman–Crippen MR) is 132 cm³/mol. The minimum absolute atomic E-state index is 0.507. The van der Waals surface area contributed by atoms with Crippen LogP contribution in [0.5, 0.6) is 0 Å². The molecular formula is C28H48N2. The summed E-state index contributed by atoms with van der Waals surface area (Å²) in [7, 11) is 0. The average molecular weight is 413 g/mol. The maximum atomic E-state index is 2.61. The van der Waals surface area contributed by atoms with Crippen LogP contribution in [0.1, 0.15) is 109 Å². The first-order valence-corrected chi connectivity index (χ1v) is 13.1. The van der Waals surface area contributed by atoms with E-state index >= 15 is 0 Å². The second kappa shape index (κ2) is 16.3. The standard InChI is InChI=1S/C28H48N2/c1-3-5-7-9-10-11-12-14-19-23-30-25-24-29(22-18-13-8-6-4-2)28(30)26-27-20-16-15-17-21-27/h15-17,20-21,24-25,28H,3-14,18-19,22-23,26H2,1-2H3. The van der Waals surface area contributed by atoms with Crippen LogP contribution >= 0.6 is 0 Å². The Balaban J connectivity index is 1.71. The van der Waals surface area contributed by atoms with Crippen molar-refractivity contribution in [3.63, 3.8) is 0 Å². The lowest BCUT2D eigenvalue weighted by molar-refractivity contribution is 0.148. The largest absolute Gasteiger partial charge is 0.356 e. The minimum atomic E-state index is 0.507. The van der Waals surface area contributed by atoms with Crippen molar-refractivity contribution in [3.8, 4) is 0 Å². The first kappa shape index (κ1) is 24.8. The Morgan fingerprint density at radius 2 is 1.00 bits per heavy atom. The molecule has 0 saturated carbocycles. The molecule has 1 aliphatic heterocycles. The van der Waals surface area contributed by atoms with Gasteiger partial charge in [-0.3, -0.25) is 0 Å². The van der Waals surface area contributed by atoms with Crippen molar-refractivity contribution in [1.82, 2.24) is 9.80 Å². The number of unbranched alkanes of at least 4 members (excludes halogenated alkanes) is 12. The van der Waals surface area contributed by atoms with E-state index in [2.05, 4.69) is 66.4 Å². The lowest BCUT2D eigenvalue weighted by atomic mass is 10.1. The molecule has 2 heteroatoms. The summed E-state index contributed by atoms with van der Waals surface area (Å²) < 4.78 is 0. The number of hydrogen-bond acceptors (Lipinski definition) is 2. The molecule has 2 nitrogen and oxygen atoms in total. The van der Waals surface area contributed by atoms with Gasteiger partial charge in [0.2, 0.25) is 0 Å². The highest BCUT2D eigenvalue weighted by molar-refractivity contribution is 5.17. The molecule has 1 unspecified atom stereocenters. The molecule has 0 aliphatic carbocycles. The third kappa shape index (κ3) is 10.0. The molecule has 1 aromatic carbocycles. The van der Waals surface area contributed by atoms with Crippen LogP contribution in [0.3, 0.4) is 0 Å². The van der Waals surface area contributed by atoms with Gasteiger partial charge in [-0.2, -0.15) is 0 Å². The van der Waals surface area contributed by atoms with Gasteiger partial charge in [0.15, 0.2) is 0 Å². The summed E-state index contributed by atoms with van der Waals surface area (Å²) in [6.45, 7) is 7.00. The minimum Gasteiger partial charge on any atom is -0.356 e. The molecule has 0 radical (unpaired) electrons. The van der Waals surface area contributed by atoms with Crippen LogP contribution in [-0.2, 0) is 6.42 Å². The van der Waals surface area contributed by atoms with Crippen molar-refractivity contribution in [1.29, 1.82) is 0 Å². The predicted octanol–water partition coefficient (Wildman–Crippen LogP) is 8.15. The molecule has 0 aromatic heterocycles. The lowest BCUT2D eigenvalue weighted by Crippen LogP contribution is -2.41. The summed E-state index contributed by atoms with van der Waals surface area (Å²) >= 11 is 0. The second-order valence-corrected chi connectivity index (χ2v) is 9.19. The molecule has 1 aromatic rings. The topological polar surface area (TPSA) is 6.48 Å². The number of nitrogens with zero attached hydrogens (tertiary/aromatic N) is 2. The van der Waals surface area contributed by atoms with Crippen LogP contribution in [0, 0.1) is 0 Å². The molecule has 0 fully saturated rings. The third-order valence-electron chi connectivity index (χ3n) is 6.52. The molecule has 0 saturated heterocycles. The molecule has 1 atom stereocenters. The van der Waals surface area contributed by atoms with Crippen LogP contribution in [0.2, 0.25) is 0 Å². The lowest BCUT2D eigenvalue weighted by Gasteiger charge is -2.33. The van der Waals surface area contributed by atoms with E-state index in [0.29, 0.717) is 6.17 Å². The Kier molecular flexibility index (Phi) is 13.5. The van der Waals surface area contributed by atoms with Crippen molar-refractivity contribution >= 4 is 0 Å². The smallest absolute Gasteiger partial charge is 0.105 e. The summed E-state index contributed by atoms with van der Waals surface area (Å²) in [5.41, 5.74) is 1.46. The van der Waals surface area contributed by atoms with Crippen molar-refractivity contribution in [2.75, 3.05) is 13.1 Å². The van der Waals surface area contributed by atoms with E-state index in [9.17, 15) is 0 Å². The molecule has 1 heterocycles. The molecule has 0 bridgehead atoms. The SMILES string of the molecule is CCCCCCCCCCCN1C=CN(CCCCCCC)C1Cc1ccccc1. The Morgan fingerprint density at radius 1 is 0.567 bits per heavy atom. The highest BCUT2D eigenvalue weighted by Gasteiger charge is 2.25. The first-order valence-electron chi connectivity index (χ1n) is 13.1. The van der Waals surface area contributed by atoms with Crippen molar-refractivity contribution in [3.05, 3.63) is 48.3 Å². The Labute approximate surface area is 187 Å². The van der Waals surface area contributed by atoms with Crippen molar-refractivity contribution in [2.24, 2.45) is 0 Å². The fourth-order valence-electron chi connectivity index (χ4n) is 4.57. The first-order chi connectivity index (χ1) is 14.8. The molecule has 170 valence electrons. The van der Waals surface area contributed by atoms with E-state index < -0.39 is 0 Å². The van der Waals surface area contributed by atoms with E-state index in [1.165, 1.54) is 109 Å². The van der Waals surface area contributed by atoms with Crippen molar-refractivity contribution < 1.29 is 0 Å². The van der Waals surface area contributed by atoms with Crippen molar-refractivity contribution in [2.45, 2.75) is 116 Å². The third-order valence-corrected chi connectivity index (χ3v) is 6.52. The van der Waals surface area contributed by atoms with E-state index in [1.807, 2.05) is 0 Å². The fraction of sp³-hybridized carbons (Fsp3) is 0.714. The zero-order valence-electron chi connectivity index (χ0n) is 20.0. The molecule has 30 heavy (non-hydrogen) atoms. The summed E-state index contributed by atoms with van der Waals surface area (Å²) in [6, 6.07) is 11.1. The van der Waals surface area contributed by atoms with Gasteiger partial charge in [-0.25, -0.2) is 0 Å². The van der Waals surface area contributed by atoms with Gasteiger partial charge in [-0.15, -0.1) is 0 Å². The summed E-state index contributed by atoms with van der Waals surface area (Å²) in [5.74, 6) is 0. The maximum Gasteiger partial charge on any atom is 0.105 e. The van der Waals surface area contributed by atoms with Crippen LogP contribution in [0.15, 0.2) is 42.7 Å². The van der Waals surface area contributed by atoms with Gasteiger partial charge < -0.3 is 9.80 Å². The zero-order chi connectivity index (χ0) is 21.3.